The van der Waals surface area contributed by atoms with Gasteiger partial charge in [0.2, 0.25) is 11.0 Å². The molecule has 1 N–H and O–H groups in total. The lowest BCUT2D eigenvalue weighted by molar-refractivity contribution is -0.116. The van der Waals surface area contributed by atoms with E-state index in [-0.39, 0.29) is 11.8 Å². The molecule has 0 saturated heterocycles. The number of anilines is 1. The number of carbonyl (C=O) groups is 1. The van der Waals surface area contributed by atoms with Gasteiger partial charge in [-0.3, -0.25) is 4.79 Å². The molecule has 0 bridgehead atoms. The molecule has 4 heterocycles. The van der Waals surface area contributed by atoms with E-state index in [1.165, 1.54) is 5.56 Å². The number of thiazole rings is 1. The van der Waals surface area contributed by atoms with E-state index in [2.05, 4.69) is 26.8 Å². The lowest BCUT2D eigenvalue weighted by atomic mass is 9.89. The van der Waals surface area contributed by atoms with Gasteiger partial charge in [0.15, 0.2) is 0 Å². The number of aromatic nitrogens is 3. The zero-order valence-electron chi connectivity index (χ0n) is 12.5. The molecule has 5 rings (SSSR count). The quantitative estimate of drug-likeness (QED) is 0.593. The van der Waals surface area contributed by atoms with Gasteiger partial charge in [0, 0.05) is 17.9 Å². The normalized spacial score (nSPS) is 17.0. The lowest BCUT2D eigenvalue weighted by Gasteiger charge is -2.22. The number of rotatable bonds is 2. The predicted molar refractivity (Wildman–Crippen MR) is 96.2 cm³/mol. The minimum atomic E-state index is 0.0153. The summed E-state index contributed by atoms with van der Waals surface area (Å²) in [6.45, 7) is 0. The molecule has 24 heavy (non-hydrogen) atoms. The number of benzene rings is 1. The summed E-state index contributed by atoms with van der Waals surface area (Å²) < 4.78 is 2.85. The number of hydrogen-bond donors (Lipinski definition) is 1. The van der Waals surface area contributed by atoms with Crippen molar-refractivity contribution in [3.63, 3.8) is 0 Å². The maximum Gasteiger partial charge on any atom is 0.226 e. The molecule has 0 aliphatic carbocycles. The summed E-state index contributed by atoms with van der Waals surface area (Å²) in [6, 6.07) is 10.1. The monoisotopic (exact) mass is 352 g/mol. The van der Waals surface area contributed by atoms with Gasteiger partial charge in [-0.2, -0.15) is 21.1 Å². The van der Waals surface area contributed by atoms with Crippen molar-refractivity contribution < 1.29 is 4.79 Å². The lowest BCUT2D eigenvalue weighted by Crippen LogP contribution is -2.24. The van der Waals surface area contributed by atoms with Crippen LogP contribution in [0.5, 0.6) is 0 Å². The second-order valence-electron chi connectivity index (χ2n) is 5.69. The average molecular weight is 352 g/mol. The number of hydrogen-bond acceptors (Lipinski definition) is 5. The summed E-state index contributed by atoms with van der Waals surface area (Å²) in [5.74, 6) is 0.811. The van der Waals surface area contributed by atoms with Gasteiger partial charge in [0.25, 0.3) is 0 Å². The Bertz CT molecular complexity index is 1010. The van der Waals surface area contributed by atoms with Crippen LogP contribution >= 0.6 is 22.7 Å². The van der Waals surface area contributed by atoms with Crippen LogP contribution in [-0.2, 0) is 4.79 Å². The highest BCUT2D eigenvalue weighted by Crippen LogP contribution is 2.39. The highest BCUT2D eigenvalue weighted by atomic mass is 32.1. The van der Waals surface area contributed by atoms with Crippen LogP contribution in [0.4, 0.5) is 5.82 Å². The third kappa shape index (κ3) is 2.09. The number of thiophene rings is 1. The predicted octanol–water partition coefficient (Wildman–Crippen LogP) is 4.02. The van der Waals surface area contributed by atoms with E-state index in [0.717, 1.165) is 26.7 Å². The molecule has 1 aromatic carbocycles. The fourth-order valence-corrected chi connectivity index (χ4v) is 4.73. The van der Waals surface area contributed by atoms with Crippen LogP contribution in [0.15, 0.2) is 47.3 Å². The SMILES string of the molecule is O=C1C[C@H](c2ccsc2)c2cnn(-c3nc4ccccc4s3)c2N1. The Labute approximate surface area is 145 Å². The van der Waals surface area contributed by atoms with Crippen LogP contribution in [0.25, 0.3) is 15.3 Å². The first kappa shape index (κ1) is 13.9. The summed E-state index contributed by atoms with van der Waals surface area (Å²) >= 11 is 3.21. The molecule has 0 spiro atoms. The standard InChI is InChI=1S/C17H12N4OS2/c22-15-7-11(10-5-6-23-9-10)12-8-18-21(16(12)20-15)17-19-13-3-1-2-4-14(13)24-17/h1-6,8-9,11H,7H2,(H,20,22)/t11-/m1/s1. The zero-order chi connectivity index (χ0) is 16.1. The van der Waals surface area contributed by atoms with E-state index in [9.17, 15) is 4.79 Å². The third-order valence-electron chi connectivity index (χ3n) is 4.23. The number of nitrogens with one attached hydrogen (secondary N) is 1. The van der Waals surface area contributed by atoms with Gasteiger partial charge < -0.3 is 5.32 Å². The molecular formula is C17H12N4OS2. The Balaban J connectivity index is 1.66. The minimum absolute atomic E-state index is 0.0153. The molecule has 0 saturated carbocycles. The van der Waals surface area contributed by atoms with Crippen LogP contribution in [0.1, 0.15) is 23.5 Å². The maximum atomic E-state index is 12.2. The van der Waals surface area contributed by atoms with Gasteiger partial charge in [-0.1, -0.05) is 23.5 Å². The Hall–Kier alpha value is -2.51. The van der Waals surface area contributed by atoms with Crippen LogP contribution in [-0.4, -0.2) is 20.7 Å². The second kappa shape index (κ2) is 5.25. The molecule has 0 unspecified atom stereocenters. The first-order valence-corrected chi connectivity index (χ1v) is 9.31. The summed E-state index contributed by atoms with van der Waals surface area (Å²) in [5, 5.41) is 12.4. The van der Waals surface area contributed by atoms with E-state index in [4.69, 9.17) is 0 Å². The molecule has 3 aromatic heterocycles. The van der Waals surface area contributed by atoms with E-state index >= 15 is 0 Å². The molecule has 0 radical (unpaired) electrons. The van der Waals surface area contributed by atoms with Gasteiger partial charge in [0.1, 0.15) is 5.82 Å². The van der Waals surface area contributed by atoms with Gasteiger partial charge >= 0.3 is 0 Å². The Morgan fingerprint density at radius 1 is 1.25 bits per heavy atom. The van der Waals surface area contributed by atoms with Crippen molar-refractivity contribution in [2.75, 3.05) is 5.32 Å². The Morgan fingerprint density at radius 2 is 2.17 bits per heavy atom. The molecule has 1 aliphatic rings. The molecule has 1 atom stereocenters. The van der Waals surface area contributed by atoms with Gasteiger partial charge in [-0.05, 0) is 34.5 Å². The molecule has 118 valence electrons. The number of amides is 1. The highest BCUT2D eigenvalue weighted by Gasteiger charge is 2.31. The number of carbonyl (C=O) groups excluding carboxylic acids is 1. The van der Waals surface area contributed by atoms with E-state index < -0.39 is 0 Å². The molecule has 5 nitrogen and oxygen atoms in total. The van der Waals surface area contributed by atoms with Crippen LogP contribution in [0.2, 0.25) is 0 Å². The largest absolute Gasteiger partial charge is 0.310 e. The molecular weight excluding hydrogens is 340 g/mol. The van der Waals surface area contributed by atoms with Crippen molar-refractivity contribution in [2.24, 2.45) is 0 Å². The van der Waals surface area contributed by atoms with E-state index in [1.807, 2.05) is 35.8 Å². The van der Waals surface area contributed by atoms with Gasteiger partial charge in [-0.15, -0.1) is 0 Å². The maximum absolute atomic E-state index is 12.2. The number of fused-ring (bicyclic) bond motifs is 2. The van der Waals surface area contributed by atoms with Crippen LogP contribution in [0.3, 0.4) is 0 Å². The van der Waals surface area contributed by atoms with Crippen molar-refractivity contribution in [3.8, 4) is 5.13 Å². The average Bonchev–Trinajstić information content (AvgIpc) is 3.32. The second-order valence-corrected chi connectivity index (χ2v) is 7.48. The van der Waals surface area contributed by atoms with Crippen molar-refractivity contribution in [2.45, 2.75) is 12.3 Å². The van der Waals surface area contributed by atoms with Crippen molar-refractivity contribution in [3.05, 3.63) is 58.4 Å². The first-order valence-electron chi connectivity index (χ1n) is 7.55. The fourth-order valence-electron chi connectivity index (χ4n) is 3.09. The molecule has 1 aliphatic heterocycles. The molecule has 1 amide bonds. The van der Waals surface area contributed by atoms with Crippen molar-refractivity contribution in [1.29, 1.82) is 0 Å². The summed E-state index contributed by atoms with van der Waals surface area (Å²) in [6.07, 6.45) is 2.30. The van der Waals surface area contributed by atoms with E-state index in [1.54, 1.807) is 27.4 Å². The Kier molecular flexibility index (Phi) is 3.04. The van der Waals surface area contributed by atoms with Crippen molar-refractivity contribution in [1.82, 2.24) is 14.8 Å². The molecule has 0 fully saturated rings. The van der Waals surface area contributed by atoms with Crippen LogP contribution < -0.4 is 5.32 Å². The third-order valence-corrected chi connectivity index (χ3v) is 5.94. The summed E-state index contributed by atoms with van der Waals surface area (Å²) in [4.78, 5) is 16.9. The summed E-state index contributed by atoms with van der Waals surface area (Å²) in [5.41, 5.74) is 3.16. The number of nitrogens with zero attached hydrogens (tertiary/aromatic N) is 3. The van der Waals surface area contributed by atoms with Gasteiger partial charge in [-0.25, -0.2) is 4.98 Å². The smallest absolute Gasteiger partial charge is 0.226 e. The van der Waals surface area contributed by atoms with E-state index in [0.29, 0.717) is 6.42 Å². The zero-order valence-corrected chi connectivity index (χ0v) is 14.1. The Morgan fingerprint density at radius 3 is 3.00 bits per heavy atom. The first-order chi connectivity index (χ1) is 11.8. The highest BCUT2D eigenvalue weighted by molar-refractivity contribution is 7.20. The fraction of sp³-hybridized carbons (Fsp3) is 0.118. The topological polar surface area (TPSA) is 59.8 Å². The van der Waals surface area contributed by atoms with Crippen LogP contribution in [0, 0.1) is 0 Å². The number of para-hydroxylation sites is 1. The van der Waals surface area contributed by atoms with Gasteiger partial charge in [0.05, 0.1) is 16.4 Å². The molecule has 4 aromatic rings. The molecule has 7 heteroatoms. The van der Waals surface area contributed by atoms with Crippen molar-refractivity contribution >= 4 is 44.6 Å². The summed E-state index contributed by atoms with van der Waals surface area (Å²) in [7, 11) is 0. The minimum Gasteiger partial charge on any atom is -0.310 e.